The van der Waals surface area contributed by atoms with Crippen molar-refractivity contribution in [1.29, 1.82) is 0 Å². The summed E-state index contributed by atoms with van der Waals surface area (Å²) in [6, 6.07) is 0.849. The van der Waals surface area contributed by atoms with Crippen LogP contribution in [0.5, 0.6) is 0 Å². The van der Waals surface area contributed by atoms with Gasteiger partial charge < -0.3 is 15.3 Å². The van der Waals surface area contributed by atoms with Crippen molar-refractivity contribution in [3.05, 3.63) is 0 Å². The van der Waals surface area contributed by atoms with Crippen LogP contribution in [0.2, 0.25) is 0 Å². The summed E-state index contributed by atoms with van der Waals surface area (Å²) in [4.78, 5) is 2.44. The van der Waals surface area contributed by atoms with Gasteiger partial charge in [0.2, 0.25) is 0 Å². The lowest BCUT2D eigenvalue weighted by atomic mass is 9.83. The molecule has 3 heteroatoms. The zero-order valence-electron chi connectivity index (χ0n) is 11.1. The molecule has 0 unspecified atom stereocenters. The average Bonchev–Trinajstić information content (AvgIpc) is 3.14. The molecule has 0 radical (unpaired) electrons. The topological polar surface area (TPSA) is 35.5 Å². The molecule has 1 saturated carbocycles. The van der Waals surface area contributed by atoms with Gasteiger partial charge >= 0.3 is 0 Å². The van der Waals surface area contributed by atoms with Gasteiger partial charge in [-0.3, -0.25) is 0 Å². The number of nitrogens with zero attached hydrogens (tertiary/aromatic N) is 1. The van der Waals surface area contributed by atoms with E-state index >= 15 is 0 Å². The van der Waals surface area contributed by atoms with Crippen molar-refractivity contribution < 1.29 is 5.11 Å². The Morgan fingerprint density at radius 3 is 2.38 bits per heavy atom. The van der Waals surface area contributed by atoms with E-state index in [1.165, 1.54) is 12.8 Å². The molecule has 1 aliphatic rings. The van der Waals surface area contributed by atoms with E-state index in [0.29, 0.717) is 6.61 Å². The fourth-order valence-corrected chi connectivity index (χ4v) is 2.09. The Kier molecular flexibility index (Phi) is 5.73. The first-order chi connectivity index (χ1) is 7.67. The number of rotatable bonds is 9. The van der Waals surface area contributed by atoms with Gasteiger partial charge in [0.25, 0.3) is 0 Å². The molecular formula is C13H28N2O. The van der Waals surface area contributed by atoms with Gasteiger partial charge in [0, 0.05) is 37.7 Å². The van der Waals surface area contributed by atoms with Crippen LogP contribution in [0.25, 0.3) is 0 Å². The Balaban J connectivity index is 2.12. The Morgan fingerprint density at radius 2 is 1.94 bits per heavy atom. The molecule has 0 bridgehead atoms. The summed E-state index contributed by atoms with van der Waals surface area (Å²) >= 11 is 0. The van der Waals surface area contributed by atoms with Crippen LogP contribution in [0.4, 0.5) is 0 Å². The molecule has 0 aromatic carbocycles. The largest absolute Gasteiger partial charge is 0.396 e. The molecular weight excluding hydrogens is 200 g/mol. The van der Waals surface area contributed by atoms with E-state index < -0.39 is 0 Å². The molecule has 96 valence electrons. The Morgan fingerprint density at radius 1 is 1.31 bits per heavy atom. The molecule has 3 nitrogen and oxygen atoms in total. The summed E-state index contributed by atoms with van der Waals surface area (Å²) in [5.74, 6) is 0. The van der Waals surface area contributed by atoms with Crippen molar-refractivity contribution in [3.63, 3.8) is 0 Å². The zero-order valence-corrected chi connectivity index (χ0v) is 11.1. The van der Waals surface area contributed by atoms with Gasteiger partial charge in [0.05, 0.1) is 0 Å². The van der Waals surface area contributed by atoms with Gasteiger partial charge in [-0.2, -0.15) is 0 Å². The molecule has 0 spiro atoms. The molecule has 1 rings (SSSR count). The first-order valence-electron chi connectivity index (χ1n) is 6.69. The third kappa shape index (κ3) is 4.04. The van der Waals surface area contributed by atoms with Crippen LogP contribution in [0.1, 0.15) is 39.5 Å². The highest BCUT2D eigenvalue weighted by molar-refractivity contribution is 4.83. The molecule has 0 atom stereocenters. The minimum atomic E-state index is 0.0954. The van der Waals surface area contributed by atoms with Gasteiger partial charge in [0.1, 0.15) is 0 Å². The van der Waals surface area contributed by atoms with Crippen LogP contribution in [0.15, 0.2) is 0 Å². The van der Waals surface area contributed by atoms with Crippen molar-refractivity contribution in [3.8, 4) is 0 Å². The smallest absolute Gasteiger partial charge is 0.0499 e. The molecule has 0 aromatic heterocycles. The molecule has 0 saturated heterocycles. The lowest BCUT2D eigenvalue weighted by Gasteiger charge is -2.30. The van der Waals surface area contributed by atoms with Crippen molar-refractivity contribution in [2.24, 2.45) is 5.41 Å². The third-order valence-electron chi connectivity index (χ3n) is 4.15. The second kappa shape index (κ2) is 6.58. The standard InChI is InChI=1S/C13H28N2O/c1-4-13(5-2,11-16)10-14-8-9-15(3)12-6-7-12/h12,14,16H,4-11H2,1-3H3. The van der Waals surface area contributed by atoms with Crippen molar-refractivity contribution in [2.75, 3.05) is 33.3 Å². The van der Waals surface area contributed by atoms with Crippen LogP contribution in [-0.2, 0) is 0 Å². The average molecular weight is 228 g/mol. The summed E-state index contributed by atoms with van der Waals surface area (Å²) in [7, 11) is 2.21. The fourth-order valence-electron chi connectivity index (χ4n) is 2.09. The fraction of sp³-hybridized carbons (Fsp3) is 1.00. The maximum absolute atomic E-state index is 9.43. The van der Waals surface area contributed by atoms with Gasteiger partial charge in [-0.1, -0.05) is 13.8 Å². The minimum Gasteiger partial charge on any atom is -0.396 e. The van der Waals surface area contributed by atoms with Gasteiger partial charge in [0.15, 0.2) is 0 Å². The zero-order chi connectivity index (χ0) is 12.0. The van der Waals surface area contributed by atoms with E-state index in [9.17, 15) is 5.11 Å². The van der Waals surface area contributed by atoms with Crippen LogP contribution in [0.3, 0.4) is 0 Å². The Hall–Kier alpha value is -0.120. The Labute approximate surface area is 100 Å². The minimum absolute atomic E-state index is 0.0954. The molecule has 0 heterocycles. The van der Waals surface area contributed by atoms with Gasteiger partial charge in [-0.25, -0.2) is 0 Å². The molecule has 1 aliphatic carbocycles. The number of hydrogen-bond donors (Lipinski definition) is 2. The SMILES string of the molecule is CCC(CC)(CO)CNCCN(C)C1CC1. The van der Waals surface area contributed by atoms with E-state index in [-0.39, 0.29) is 5.41 Å². The molecule has 0 amide bonds. The normalized spacial score (nSPS) is 17.1. The number of likely N-dealkylation sites (N-methyl/N-ethyl adjacent to an activating group) is 1. The second-order valence-corrected chi connectivity index (χ2v) is 5.25. The highest BCUT2D eigenvalue weighted by Gasteiger charge is 2.26. The van der Waals surface area contributed by atoms with E-state index in [1.807, 2.05) is 0 Å². The summed E-state index contributed by atoms with van der Waals surface area (Å²) in [6.45, 7) is 7.73. The van der Waals surface area contributed by atoms with Crippen LogP contribution in [-0.4, -0.2) is 49.3 Å². The van der Waals surface area contributed by atoms with Crippen LogP contribution >= 0.6 is 0 Å². The number of hydrogen-bond acceptors (Lipinski definition) is 3. The van der Waals surface area contributed by atoms with Crippen molar-refractivity contribution in [1.82, 2.24) is 10.2 Å². The van der Waals surface area contributed by atoms with Crippen molar-refractivity contribution in [2.45, 2.75) is 45.6 Å². The van der Waals surface area contributed by atoms with Crippen LogP contribution in [0, 0.1) is 5.41 Å². The van der Waals surface area contributed by atoms with Crippen molar-refractivity contribution >= 4 is 0 Å². The predicted molar refractivity (Wildman–Crippen MR) is 68.6 cm³/mol. The quantitative estimate of drug-likeness (QED) is 0.587. The monoisotopic (exact) mass is 228 g/mol. The van der Waals surface area contributed by atoms with E-state index in [4.69, 9.17) is 0 Å². The number of aliphatic hydroxyl groups excluding tert-OH is 1. The number of nitrogens with one attached hydrogen (secondary N) is 1. The first-order valence-corrected chi connectivity index (χ1v) is 6.69. The first kappa shape index (κ1) is 13.9. The maximum atomic E-state index is 9.43. The maximum Gasteiger partial charge on any atom is 0.0499 e. The lowest BCUT2D eigenvalue weighted by Crippen LogP contribution is -2.39. The molecule has 1 fully saturated rings. The van der Waals surface area contributed by atoms with Crippen LogP contribution < -0.4 is 5.32 Å². The second-order valence-electron chi connectivity index (χ2n) is 5.25. The molecule has 2 N–H and O–H groups in total. The molecule has 16 heavy (non-hydrogen) atoms. The summed E-state index contributed by atoms with van der Waals surface area (Å²) in [5, 5.41) is 12.9. The van der Waals surface area contributed by atoms with E-state index in [0.717, 1.165) is 38.5 Å². The molecule has 0 aromatic rings. The third-order valence-corrected chi connectivity index (χ3v) is 4.15. The highest BCUT2D eigenvalue weighted by Crippen LogP contribution is 2.25. The van der Waals surface area contributed by atoms with E-state index in [2.05, 4.69) is 31.1 Å². The summed E-state index contributed by atoms with van der Waals surface area (Å²) in [5.41, 5.74) is 0.0954. The lowest BCUT2D eigenvalue weighted by molar-refractivity contribution is 0.112. The Bertz CT molecular complexity index is 180. The van der Waals surface area contributed by atoms with Gasteiger partial charge in [-0.15, -0.1) is 0 Å². The summed E-state index contributed by atoms with van der Waals surface area (Å²) in [6.07, 6.45) is 4.85. The summed E-state index contributed by atoms with van der Waals surface area (Å²) < 4.78 is 0. The van der Waals surface area contributed by atoms with Gasteiger partial charge in [-0.05, 0) is 32.7 Å². The van der Waals surface area contributed by atoms with E-state index in [1.54, 1.807) is 0 Å². The predicted octanol–water partition coefficient (Wildman–Crippen LogP) is 1.47. The number of aliphatic hydroxyl groups is 1. The molecule has 0 aliphatic heterocycles. The highest BCUT2D eigenvalue weighted by atomic mass is 16.3.